The number of hydrogen-bond acceptors (Lipinski definition) is 1. The summed E-state index contributed by atoms with van der Waals surface area (Å²) in [6.45, 7) is 8.27. The van der Waals surface area contributed by atoms with E-state index in [4.69, 9.17) is 0 Å². The molecule has 0 heterocycles. The van der Waals surface area contributed by atoms with Crippen molar-refractivity contribution in [2.75, 3.05) is 0 Å². The molecule has 1 nitrogen and oxygen atoms in total. The Morgan fingerprint density at radius 3 is 2.27 bits per heavy atom. The first-order chi connectivity index (χ1) is 7.00. The molecule has 1 unspecified atom stereocenters. The molecule has 0 N–H and O–H groups in total. The van der Waals surface area contributed by atoms with Gasteiger partial charge in [-0.15, -0.1) is 0 Å². The summed E-state index contributed by atoms with van der Waals surface area (Å²) in [5.41, 5.74) is 2.37. The average molecular weight is 222 g/mol. The van der Waals surface area contributed by atoms with Crippen LogP contribution in [0.4, 0.5) is 0 Å². The van der Waals surface area contributed by atoms with Gasteiger partial charge in [-0.2, -0.15) is 0 Å². The van der Waals surface area contributed by atoms with E-state index in [-0.39, 0.29) is 0 Å². The Bertz CT molecular complexity index is 374. The van der Waals surface area contributed by atoms with E-state index in [1.165, 1.54) is 11.1 Å². The summed E-state index contributed by atoms with van der Waals surface area (Å²) in [4.78, 5) is 0.876. The second-order valence-corrected chi connectivity index (χ2v) is 5.43. The maximum absolute atomic E-state index is 11.9. The van der Waals surface area contributed by atoms with Crippen LogP contribution in [0.3, 0.4) is 0 Å². The Hall–Kier alpha value is -0.890. The fourth-order valence-corrected chi connectivity index (χ4v) is 2.20. The standard InChI is InChI=1S/C13H18OS/c1-10(2)12(4)9-15(14)13-7-5-11(3)6-8-13/h5-10H,1-4H3. The van der Waals surface area contributed by atoms with Crippen LogP contribution in [0, 0.1) is 12.8 Å². The van der Waals surface area contributed by atoms with Crippen LogP contribution in [0.5, 0.6) is 0 Å². The zero-order valence-corrected chi connectivity index (χ0v) is 10.6. The maximum atomic E-state index is 11.9. The molecule has 1 aromatic rings. The van der Waals surface area contributed by atoms with Gasteiger partial charge in [-0.3, -0.25) is 0 Å². The van der Waals surface area contributed by atoms with Gasteiger partial charge in [0.05, 0.1) is 10.8 Å². The van der Waals surface area contributed by atoms with Crippen LogP contribution in [0.25, 0.3) is 0 Å². The molecule has 0 aromatic heterocycles. The molecule has 0 radical (unpaired) electrons. The van der Waals surface area contributed by atoms with Gasteiger partial charge in [0.1, 0.15) is 0 Å². The van der Waals surface area contributed by atoms with Gasteiger partial charge in [0.15, 0.2) is 0 Å². The zero-order valence-electron chi connectivity index (χ0n) is 9.78. The van der Waals surface area contributed by atoms with Crippen molar-refractivity contribution in [1.82, 2.24) is 0 Å². The van der Waals surface area contributed by atoms with E-state index in [1.807, 2.05) is 43.5 Å². The van der Waals surface area contributed by atoms with Crippen molar-refractivity contribution in [2.24, 2.45) is 5.92 Å². The largest absolute Gasteiger partial charge is 0.250 e. The topological polar surface area (TPSA) is 17.1 Å². The van der Waals surface area contributed by atoms with Gasteiger partial charge < -0.3 is 0 Å². The van der Waals surface area contributed by atoms with Gasteiger partial charge >= 0.3 is 0 Å². The maximum Gasteiger partial charge on any atom is 0.0775 e. The van der Waals surface area contributed by atoms with Crippen LogP contribution >= 0.6 is 0 Å². The predicted molar refractivity (Wildman–Crippen MR) is 66.2 cm³/mol. The second-order valence-electron chi connectivity index (χ2n) is 4.13. The van der Waals surface area contributed by atoms with E-state index in [0.29, 0.717) is 5.92 Å². The lowest BCUT2D eigenvalue weighted by molar-refractivity contribution is 0.687. The van der Waals surface area contributed by atoms with Crippen molar-refractivity contribution >= 4 is 10.8 Å². The molecule has 2 heteroatoms. The number of aryl methyl sites for hydroxylation is 1. The van der Waals surface area contributed by atoms with Crippen molar-refractivity contribution in [2.45, 2.75) is 32.6 Å². The van der Waals surface area contributed by atoms with Crippen LogP contribution in [0.15, 0.2) is 40.1 Å². The van der Waals surface area contributed by atoms with Crippen molar-refractivity contribution in [1.29, 1.82) is 0 Å². The Kier molecular flexibility index (Phi) is 4.28. The van der Waals surface area contributed by atoms with Gasteiger partial charge in [0.25, 0.3) is 0 Å². The lowest BCUT2D eigenvalue weighted by atomic mass is 10.1. The molecule has 15 heavy (non-hydrogen) atoms. The molecule has 0 spiro atoms. The molecule has 82 valence electrons. The highest BCUT2D eigenvalue weighted by Crippen LogP contribution is 2.14. The molecule has 0 aliphatic rings. The average Bonchev–Trinajstić information content (AvgIpc) is 2.18. The van der Waals surface area contributed by atoms with E-state index in [2.05, 4.69) is 13.8 Å². The lowest BCUT2D eigenvalue weighted by Crippen LogP contribution is -1.93. The van der Waals surface area contributed by atoms with Crippen molar-refractivity contribution in [3.63, 3.8) is 0 Å². The highest BCUT2D eigenvalue weighted by atomic mass is 32.2. The Balaban J connectivity index is 2.86. The number of benzene rings is 1. The van der Waals surface area contributed by atoms with E-state index in [1.54, 1.807) is 0 Å². The molecular weight excluding hydrogens is 204 g/mol. The molecule has 0 saturated heterocycles. The number of rotatable bonds is 3. The van der Waals surface area contributed by atoms with Gasteiger partial charge in [-0.25, -0.2) is 4.21 Å². The summed E-state index contributed by atoms with van der Waals surface area (Å²) >= 11 is 0. The summed E-state index contributed by atoms with van der Waals surface area (Å²) in [7, 11) is -1.00. The van der Waals surface area contributed by atoms with Crippen LogP contribution in [-0.4, -0.2) is 4.21 Å². The molecule has 1 aromatic carbocycles. The molecule has 0 fully saturated rings. The van der Waals surface area contributed by atoms with Crippen LogP contribution < -0.4 is 0 Å². The van der Waals surface area contributed by atoms with Gasteiger partial charge in [-0.1, -0.05) is 37.1 Å². The first kappa shape index (κ1) is 12.2. The van der Waals surface area contributed by atoms with E-state index in [0.717, 1.165) is 4.90 Å². The summed E-state index contributed by atoms with van der Waals surface area (Å²) in [6, 6.07) is 7.84. The lowest BCUT2D eigenvalue weighted by Gasteiger charge is -2.04. The van der Waals surface area contributed by atoms with Crippen molar-refractivity contribution < 1.29 is 4.21 Å². The Morgan fingerprint density at radius 2 is 1.80 bits per heavy atom. The number of allylic oxidation sites excluding steroid dienone is 1. The minimum Gasteiger partial charge on any atom is -0.250 e. The number of hydrogen-bond donors (Lipinski definition) is 0. The smallest absolute Gasteiger partial charge is 0.0775 e. The normalized spacial score (nSPS) is 14.3. The van der Waals surface area contributed by atoms with E-state index < -0.39 is 10.8 Å². The van der Waals surface area contributed by atoms with E-state index >= 15 is 0 Å². The summed E-state index contributed by atoms with van der Waals surface area (Å²) in [6.07, 6.45) is 0. The molecule has 0 amide bonds. The Morgan fingerprint density at radius 1 is 1.27 bits per heavy atom. The summed E-state index contributed by atoms with van der Waals surface area (Å²) < 4.78 is 11.9. The molecule has 0 bridgehead atoms. The molecule has 0 aliphatic heterocycles. The van der Waals surface area contributed by atoms with Crippen LogP contribution in [-0.2, 0) is 10.8 Å². The third-order valence-corrected chi connectivity index (χ3v) is 3.78. The SMILES string of the molecule is CC(=CS(=O)c1ccc(C)cc1)C(C)C. The monoisotopic (exact) mass is 222 g/mol. The predicted octanol–water partition coefficient (Wildman–Crippen LogP) is 3.66. The van der Waals surface area contributed by atoms with Gasteiger partial charge in [-0.05, 0) is 31.9 Å². The molecule has 0 aliphatic carbocycles. The third-order valence-electron chi connectivity index (χ3n) is 2.46. The molecule has 1 atom stereocenters. The molecule has 0 saturated carbocycles. The molecule has 1 rings (SSSR count). The highest BCUT2D eigenvalue weighted by molar-refractivity contribution is 7.88. The van der Waals surface area contributed by atoms with Crippen LogP contribution in [0.1, 0.15) is 26.3 Å². The summed E-state index contributed by atoms with van der Waals surface area (Å²) in [5, 5.41) is 1.84. The third kappa shape index (κ3) is 3.63. The zero-order chi connectivity index (χ0) is 11.4. The molecular formula is C13H18OS. The van der Waals surface area contributed by atoms with E-state index in [9.17, 15) is 4.21 Å². The van der Waals surface area contributed by atoms with Crippen molar-refractivity contribution in [3.8, 4) is 0 Å². The fourth-order valence-electron chi connectivity index (χ4n) is 1.05. The minimum absolute atomic E-state index is 0.458. The minimum atomic E-state index is -1.00. The fraction of sp³-hybridized carbons (Fsp3) is 0.385. The van der Waals surface area contributed by atoms with Crippen LogP contribution in [0.2, 0.25) is 0 Å². The highest BCUT2D eigenvalue weighted by Gasteiger charge is 2.02. The first-order valence-electron chi connectivity index (χ1n) is 5.16. The van der Waals surface area contributed by atoms with Crippen molar-refractivity contribution in [3.05, 3.63) is 40.8 Å². The first-order valence-corrected chi connectivity index (χ1v) is 6.37. The second kappa shape index (κ2) is 5.26. The summed E-state index contributed by atoms with van der Waals surface area (Å²) in [5.74, 6) is 0.458. The van der Waals surface area contributed by atoms with Gasteiger partial charge in [0.2, 0.25) is 0 Å². The Labute approximate surface area is 94.7 Å². The quantitative estimate of drug-likeness (QED) is 0.762. The van der Waals surface area contributed by atoms with Gasteiger partial charge in [0, 0.05) is 10.3 Å².